The van der Waals surface area contributed by atoms with E-state index in [4.69, 9.17) is 5.10 Å². The Morgan fingerprint density at radius 3 is 2.41 bits per heavy atom. The van der Waals surface area contributed by atoms with E-state index in [-0.39, 0.29) is 17.8 Å². The minimum atomic E-state index is 0. The summed E-state index contributed by atoms with van der Waals surface area (Å²) < 4.78 is 2.07. The number of piperazine rings is 1. The molecular formula is C23H36ClN5. The van der Waals surface area contributed by atoms with Crippen LogP contribution >= 0.6 is 12.4 Å². The van der Waals surface area contributed by atoms with Gasteiger partial charge in [0, 0.05) is 69.0 Å². The molecule has 0 spiro atoms. The fraction of sp³-hybridized carbons (Fsp3) is 0.609. The Hall–Kier alpha value is -1.40. The average molecular weight is 418 g/mol. The van der Waals surface area contributed by atoms with Crippen molar-refractivity contribution in [3.8, 4) is 5.69 Å². The van der Waals surface area contributed by atoms with Crippen molar-refractivity contribution in [3.63, 3.8) is 0 Å². The molecular weight excluding hydrogens is 382 g/mol. The zero-order valence-corrected chi connectivity index (χ0v) is 19.1. The maximum Gasteiger partial charge on any atom is 0.0727 e. The first kappa shape index (κ1) is 22.3. The summed E-state index contributed by atoms with van der Waals surface area (Å²) >= 11 is 0. The highest BCUT2D eigenvalue weighted by molar-refractivity contribution is 5.85. The van der Waals surface area contributed by atoms with Crippen molar-refractivity contribution >= 4 is 12.4 Å². The number of benzene rings is 1. The number of likely N-dealkylation sites (tertiary alicyclic amines) is 1. The first-order chi connectivity index (χ1) is 13.4. The second kappa shape index (κ2) is 9.17. The third-order valence-corrected chi connectivity index (χ3v) is 6.11. The van der Waals surface area contributed by atoms with E-state index >= 15 is 0 Å². The monoisotopic (exact) mass is 417 g/mol. The van der Waals surface area contributed by atoms with Gasteiger partial charge in [-0.25, -0.2) is 4.68 Å². The van der Waals surface area contributed by atoms with Crippen LogP contribution in [-0.4, -0.2) is 64.9 Å². The number of rotatable bonds is 4. The van der Waals surface area contributed by atoms with Crippen LogP contribution in [0.5, 0.6) is 0 Å². The molecule has 2 saturated heterocycles. The van der Waals surface area contributed by atoms with Crippen LogP contribution in [-0.2, 0) is 12.0 Å². The van der Waals surface area contributed by atoms with E-state index in [0.29, 0.717) is 6.04 Å². The predicted molar refractivity (Wildman–Crippen MR) is 122 cm³/mol. The van der Waals surface area contributed by atoms with Crippen molar-refractivity contribution in [1.82, 2.24) is 24.9 Å². The lowest BCUT2D eigenvalue weighted by molar-refractivity contribution is 0.170. The number of nitrogens with zero attached hydrogens (tertiary/aromatic N) is 4. The summed E-state index contributed by atoms with van der Waals surface area (Å²) in [5.74, 6) is 0. The standard InChI is InChI=1S/C23H35N5.ClH/c1-18-5-7-20(8-6-18)28-16-19(22(25-28)23(2,3)4)15-26-12-9-21(17-26)27-13-10-24-11-14-27;/h5-8,16,21,24H,9-15,17H2,1-4H3;1H. The Labute approximate surface area is 181 Å². The minimum Gasteiger partial charge on any atom is -0.314 e. The van der Waals surface area contributed by atoms with Gasteiger partial charge in [-0.3, -0.25) is 9.80 Å². The molecule has 0 aliphatic carbocycles. The predicted octanol–water partition coefficient (Wildman–Crippen LogP) is 3.38. The topological polar surface area (TPSA) is 36.3 Å². The fourth-order valence-corrected chi connectivity index (χ4v) is 4.53. The van der Waals surface area contributed by atoms with Gasteiger partial charge in [-0.2, -0.15) is 5.10 Å². The van der Waals surface area contributed by atoms with Crippen LogP contribution in [0.3, 0.4) is 0 Å². The van der Waals surface area contributed by atoms with E-state index in [9.17, 15) is 0 Å². The van der Waals surface area contributed by atoms with Gasteiger partial charge in [-0.1, -0.05) is 38.5 Å². The van der Waals surface area contributed by atoms with Crippen molar-refractivity contribution in [1.29, 1.82) is 0 Å². The third kappa shape index (κ3) is 5.21. The lowest BCUT2D eigenvalue weighted by Gasteiger charge is -2.32. The summed E-state index contributed by atoms with van der Waals surface area (Å²) in [6, 6.07) is 9.36. The molecule has 29 heavy (non-hydrogen) atoms. The summed E-state index contributed by atoms with van der Waals surface area (Å²) in [5, 5.41) is 8.47. The SMILES string of the molecule is Cc1ccc(-n2cc(CN3CCC(N4CCNCC4)C3)c(C(C)(C)C)n2)cc1.Cl. The number of halogens is 1. The van der Waals surface area contributed by atoms with Gasteiger partial charge in [0.2, 0.25) is 0 Å². The molecule has 160 valence electrons. The number of aryl methyl sites for hydroxylation is 1. The molecule has 5 nitrogen and oxygen atoms in total. The molecule has 4 rings (SSSR count). The molecule has 1 atom stereocenters. The highest BCUT2D eigenvalue weighted by Gasteiger charge is 2.30. The summed E-state index contributed by atoms with van der Waals surface area (Å²) in [7, 11) is 0. The molecule has 6 heteroatoms. The first-order valence-electron chi connectivity index (χ1n) is 10.7. The van der Waals surface area contributed by atoms with Crippen LogP contribution in [0.25, 0.3) is 5.69 Å². The first-order valence-corrected chi connectivity index (χ1v) is 10.7. The maximum absolute atomic E-state index is 5.00. The number of hydrogen-bond donors (Lipinski definition) is 1. The van der Waals surface area contributed by atoms with Gasteiger partial charge >= 0.3 is 0 Å². The van der Waals surface area contributed by atoms with Crippen LogP contribution in [0.15, 0.2) is 30.5 Å². The zero-order valence-electron chi connectivity index (χ0n) is 18.3. The van der Waals surface area contributed by atoms with Gasteiger partial charge in [0.1, 0.15) is 0 Å². The fourth-order valence-electron chi connectivity index (χ4n) is 4.53. The smallest absolute Gasteiger partial charge is 0.0727 e. The van der Waals surface area contributed by atoms with E-state index in [1.54, 1.807) is 0 Å². The van der Waals surface area contributed by atoms with Crippen LogP contribution in [0, 0.1) is 6.92 Å². The van der Waals surface area contributed by atoms with Crippen molar-refractivity contribution in [2.45, 2.75) is 52.1 Å². The highest BCUT2D eigenvalue weighted by Crippen LogP contribution is 2.28. The Bertz CT molecular complexity index is 787. The van der Waals surface area contributed by atoms with Gasteiger partial charge in [0.05, 0.1) is 11.4 Å². The number of aromatic nitrogens is 2. The molecule has 0 radical (unpaired) electrons. The average Bonchev–Trinajstić information content (AvgIpc) is 3.31. The van der Waals surface area contributed by atoms with E-state index in [2.05, 4.69) is 78.0 Å². The highest BCUT2D eigenvalue weighted by atomic mass is 35.5. The number of hydrogen-bond acceptors (Lipinski definition) is 4. The maximum atomic E-state index is 5.00. The third-order valence-electron chi connectivity index (χ3n) is 6.11. The van der Waals surface area contributed by atoms with E-state index in [1.165, 1.54) is 49.4 Å². The summed E-state index contributed by atoms with van der Waals surface area (Å²) in [6.45, 7) is 17.0. The van der Waals surface area contributed by atoms with Crippen LogP contribution < -0.4 is 5.32 Å². The van der Waals surface area contributed by atoms with Gasteiger partial charge in [-0.15, -0.1) is 12.4 Å². The largest absolute Gasteiger partial charge is 0.314 e. The molecule has 0 saturated carbocycles. The Balaban J connectivity index is 0.00000240. The second-order valence-corrected chi connectivity index (χ2v) is 9.50. The molecule has 1 N–H and O–H groups in total. The molecule has 0 amide bonds. The molecule has 2 aliphatic rings. The zero-order chi connectivity index (χ0) is 19.7. The molecule has 3 heterocycles. The van der Waals surface area contributed by atoms with Crippen molar-refractivity contribution in [2.75, 3.05) is 39.3 Å². The van der Waals surface area contributed by atoms with E-state index in [1.807, 2.05) is 0 Å². The number of nitrogens with one attached hydrogen (secondary N) is 1. The van der Waals surface area contributed by atoms with Gasteiger partial charge < -0.3 is 5.32 Å². The Kier molecular flexibility index (Phi) is 7.05. The van der Waals surface area contributed by atoms with Crippen molar-refractivity contribution in [3.05, 3.63) is 47.3 Å². The molecule has 1 unspecified atom stereocenters. The molecule has 0 bridgehead atoms. The summed E-state index contributed by atoms with van der Waals surface area (Å²) in [5.41, 5.74) is 5.06. The van der Waals surface area contributed by atoms with Crippen LogP contribution in [0.4, 0.5) is 0 Å². The molecule has 2 aromatic rings. The summed E-state index contributed by atoms with van der Waals surface area (Å²) in [4.78, 5) is 5.30. The van der Waals surface area contributed by atoms with Crippen molar-refractivity contribution in [2.24, 2.45) is 0 Å². The lowest BCUT2D eigenvalue weighted by atomic mass is 9.89. The molecule has 2 aliphatic heterocycles. The minimum absolute atomic E-state index is 0. The quantitative estimate of drug-likeness (QED) is 0.827. The normalized spacial score (nSPS) is 21.3. The summed E-state index contributed by atoms with van der Waals surface area (Å²) in [6.07, 6.45) is 3.54. The van der Waals surface area contributed by atoms with E-state index in [0.717, 1.165) is 25.3 Å². The molecule has 1 aromatic heterocycles. The van der Waals surface area contributed by atoms with Gasteiger partial charge in [0.25, 0.3) is 0 Å². The van der Waals surface area contributed by atoms with Gasteiger partial charge in [0.15, 0.2) is 0 Å². The lowest BCUT2D eigenvalue weighted by Crippen LogP contribution is -2.49. The van der Waals surface area contributed by atoms with Crippen LogP contribution in [0.1, 0.15) is 44.0 Å². The Morgan fingerprint density at radius 2 is 1.76 bits per heavy atom. The van der Waals surface area contributed by atoms with Crippen LogP contribution in [0.2, 0.25) is 0 Å². The molecule has 2 fully saturated rings. The second-order valence-electron chi connectivity index (χ2n) is 9.50. The molecule has 1 aromatic carbocycles. The van der Waals surface area contributed by atoms with Crippen molar-refractivity contribution < 1.29 is 0 Å². The Morgan fingerprint density at radius 1 is 1.07 bits per heavy atom. The van der Waals surface area contributed by atoms with Gasteiger partial charge in [-0.05, 0) is 25.5 Å². The van der Waals surface area contributed by atoms with E-state index < -0.39 is 0 Å².